The molecule has 0 aliphatic carbocycles. The first-order valence-corrected chi connectivity index (χ1v) is 4.23. The predicted octanol–water partition coefficient (Wildman–Crippen LogP) is 2.35. The van der Waals surface area contributed by atoms with Crippen LogP contribution in [0.1, 0.15) is 12.5 Å². The maximum absolute atomic E-state index is 12.7. The Labute approximate surface area is 80.7 Å². The number of rotatable bonds is 3. The molecule has 0 heterocycles. The van der Waals surface area contributed by atoms with Crippen LogP contribution in [0.2, 0.25) is 0 Å². The van der Waals surface area contributed by atoms with Crippen molar-refractivity contribution in [3.8, 4) is 0 Å². The highest BCUT2D eigenvalue weighted by atomic mass is 19.3. The molecule has 2 N–H and O–H groups in total. The van der Waals surface area contributed by atoms with Gasteiger partial charge in [0.25, 0.3) is 6.43 Å². The molecule has 0 spiro atoms. The third-order valence-corrected chi connectivity index (χ3v) is 1.97. The zero-order valence-corrected chi connectivity index (χ0v) is 7.81. The van der Waals surface area contributed by atoms with Crippen molar-refractivity contribution in [3.05, 3.63) is 35.6 Å². The fraction of sp³-hybridized carbons (Fsp3) is 0.400. The molecule has 78 valence electrons. The van der Waals surface area contributed by atoms with Crippen LogP contribution in [0.15, 0.2) is 24.3 Å². The van der Waals surface area contributed by atoms with Crippen LogP contribution < -0.4 is 5.73 Å². The summed E-state index contributed by atoms with van der Waals surface area (Å²) >= 11 is 0. The van der Waals surface area contributed by atoms with Gasteiger partial charge in [0.2, 0.25) is 0 Å². The van der Waals surface area contributed by atoms with E-state index in [-0.39, 0.29) is 6.42 Å². The van der Waals surface area contributed by atoms with E-state index < -0.39 is 17.8 Å². The summed E-state index contributed by atoms with van der Waals surface area (Å²) < 4.78 is 37.5. The van der Waals surface area contributed by atoms with Crippen LogP contribution >= 0.6 is 0 Å². The Kier molecular flexibility index (Phi) is 3.16. The Balaban J connectivity index is 2.78. The number of nitrogens with two attached hydrogens (primary N) is 1. The summed E-state index contributed by atoms with van der Waals surface area (Å²) in [7, 11) is 0. The van der Waals surface area contributed by atoms with Crippen LogP contribution in [0.25, 0.3) is 0 Å². The molecule has 0 bridgehead atoms. The molecule has 0 amide bonds. The number of benzene rings is 1. The van der Waals surface area contributed by atoms with Crippen molar-refractivity contribution < 1.29 is 13.2 Å². The lowest BCUT2D eigenvalue weighted by atomic mass is 9.94. The van der Waals surface area contributed by atoms with E-state index in [1.165, 1.54) is 25.1 Å². The van der Waals surface area contributed by atoms with Crippen LogP contribution in [-0.2, 0) is 6.42 Å². The second kappa shape index (κ2) is 4.00. The molecule has 1 aromatic carbocycles. The molecule has 0 fully saturated rings. The minimum absolute atomic E-state index is 0.0393. The first-order chi connectivity index (χ1) is 6.42. The second-order valence-corrected chi connectivity index (χ2v) is 3.61. The number of hydrogen-bond acceptors (Lipinski definition) is 1. The molecule has 0 saturated heterocycles. The first kappa shape index (κ1) is 11.0. The molecule has 0 saturated carbocycles. The number of halogens is 3. The maximum atomic E-state index is 12.7. The molecule has 0 radical (unpaired) electrons. The van der Waals surface area contributed by atoms with Crippen LogP contribution in [0.4, 0.5) is 13.2 Å². The van der Waals surface area contributed by atoms with Crippen LogP contribution in [0.3, 0.4) is 0 Å². The SMILES string of the molecule is CC(N)(Cc1cccc(F)c1)C(F)F. The average Bonchev–Trinajstić information content (AvgIpc) is 2.02. The molecular weight excluding hydrogens is 191 g/mol. The fourth-order valence-corrected chi connectivity index (χ4v) is 1.16. The molecule has 1 aromatic rings. The van der Waals surface area contributed by atoms with Gasteiger partial charge in [-0.05, 0) is 31.0 Å². The summed E-state index contributed by atoms with van der Waals surface area (Å²) in [5, 5.41) is 0. The Hall–Kier alpha value is -1.03. The minimum atomic E-state index is -2.62. The summed E-state index contributed by atoms with van der Waals surface area (Å²) in [6.45, 7) is 1.25. The van der Waals surface area contributed by atoms with Gasteiger partial charge in [-0.1, -0.05) is 12.1 Å². The van der Waals surface area contributed by atoms with E-state index in [1.807, 2.05) is 0 Å². The van der Waals surface area contributed by atoms with E-state index in [1.54, 1.807) is 6.07 Å². The summed E-state index contributed by atoms with van der Waals surface area (Å²) in [5.74, 6) is -0.437. The van der Waals surface area contributed by atoms with Crippen molar-refractivity contribution in [2.75, 3.05) is 0 Å². The quantitative estimate of drug-likeness (QED) is 0.801. The van der Waals surface area contributed by atoms with Crippen molar-refractivity contribution in [3.63, 3.8) is 0 Å². The van der Waals surface area contributed by atoms with Crippen molar-refractivity contribution in [1.29, 1.82) is 0 Å². The van der Waals surface area contributed by atoms with Gasteiger partial charge >= 0.3 is 0 Å². The average molecular weight is 203 g/mol. The molecule has 0 aromatic heterocycles. The fourth-order valence-electron chi connectivity index (χ4n) is 1.16. The standard InChI is InChI=1S/C10H12F3N/c1-10(14,9(12)13)6-7-3-2-4-8(11)5-7/h2-5,9H,6,14H2,1H3. The molecule has 1 unspecified atom stereocenters. The van der Waals surface area contributed by atoms with Crippen molar-refractivity contribution in [2.24, 2.45) is 5.73 Å². The number of alkyl halides is 2. The van der Waals surface area contributed by atoms with Gasteiger partial charge in [-0.3, -0.25) is 0 Å². The highest BCUT2D eigenvalue weighted by molar-refractivity contribution is 5.19. The Morgan fingerprint density at radius 3 is 2.57 bits per heavy atom. The van der Waals surface area contributed by atoms with E-state index in [2.05, 4.69) is 0 Å². The molecule has 1 nitrogen and oxygen atoms in total. The summed E-state index contributed by atoms with van der Waals surface area (Å²) in [6, 6.07) is 5.54. The van der Waals surface area contributed by atoms with Crippen molar-refractivity contribution in [1.82, 2.24) is 0 Å². The predicted molar refractivity (Wildman–Crippen MR) is 48.7 cm³/mol. The van der Waals surface area contributed by atoms with Crippen molar-refractivity contribution in [2.45, 2.75) is 25.3 Å². The van der Waals surface area contributed by atoms with Crippen molar-refractivity contribution >= 4 is 0 Å². The monoisotopic (exact) mass is 203 g/mol. The van der Waals surface area contributed by atoms with Gasteiger partial charge in [-0.25, -0.2) is 13.2 Å². The molecule has 4 heteroatoms. The van der Waals surface area contributed by atoms with Crippen LogP contribution in [0.5, 0.6) is 0 Å². The van der Waals surface area contributed by atoms with Gasteiger partial charge in [0.05, 0.1) is 5.54 Å². The summed E-state index contributed by atoms with van der Waals surface area (Å²) in [6.07, 6.45) is -2.66. The highest BCUT2D eigenvalue weighted by Crippen LogP contribution is 2.18. The maximum Gasteiger partial charge on any atom is 0.256 e. The molecule has 14 heavy (non-hydrogen) atoms. The molecule has 1 rings (SSSR count). The first-order valence-electron chi connectivity index (χ1n) is 4.23. The third kappa shape index (κ3) is 2.73. The van der Waals surface area contributed by atoms with E-state index >= 15 is 0 Å². The Morgan fingerprint density at radius 2 is 2.07 bits per heavy atom. The van der Waals surface area contributed by atoms with Gasteiger partial charge in [-0.15, -0.1) is 0 Å². The lowest BCUT2D eigenvalue weighted by molar-refractivity contribution is 0.0639. The van der Waals surface area contributed by atoms with Crippen LogP contribution in [-0.4, -0.2) is 12.0 Å². The smallest absolute Gasteiger partial charge is 0.256 e. The van der Waals surface area contributed by atoms with Gasteiger partial charge in [0, 0.05) is 0 Å². The minimum Gasteiger partial charge on any atom is -0.320 e. The molecule has 1 atom stereocenters. The Bertz CT molecular complexity index is 310. The van der Waals surface area contributed by atoms with Gasteiger partial charge in [-0.2, -0.15) is 0 Å². The van der Waals surface area contributed by atoms with E-state index in [0.717, 1.165) is 0 Å². The zero-order valence-electron chi connectivity index (χ0n) is 7.81. The van der Waals surface area contributed by atoms with Gasteiger partial charge < -0.3 is 5.73 Å². The third-order valence-electron chi connectivity index (χ3n) is 1.97. The molecule has 0 aliphatic heterocycles. The second-order valence-electron chi connectivity index (χ2n) is 3.61. The largest absolute Gasteiger partial charge is 0.320 e. The highest BCUT2D eigenvalue weighted by Gasteiger charge is 2.30. The topological polar surface area (TPSA) is 26.0 Å². The Morgan fingerprint density at radius 1 is 1.43 bits per heavy atom. The van der Waals surface area contributed by atoms with E-state index in [4.69, 9.17) is 5.73 Å². The normalized spacial score (nSPS) is 15.6. The lowest BCUT2D eigenvalue weighted by Crippen LogP contribution is -2.45. The molecule has 0 aliphatic rings. The van der Waals surface area contributed by atoms with Gasteiger partial charge in [0.1, 0.15) is 5.82 Å². The van der Waals surface area contributed by atoms with Crippen LogP contribution in [0, 0.1) is 5.82 Å². The van der Waals surface area contributed by atoms with E-state index in [0.29, 0.717) is 5.56 Å². The summed E-state index contributed by atoms with van der Waals surface area (Å²) in [5.41, 5.74) is 4.25. The molecular formula is C10H12F3N. The zero-order chi connectivity index (χ0) is 10.8. The van der Waals surface area contributed by atoms with E-state index in [9.17, 15) is 13.2 Å². The summed E-state index contributed by atoms with van der Waals surface area (Å²) in [4.78, 5) is 0. The number of hydrogen-bond donors (Lipinski definition) is 1. The lowest BCUT2D eigenvalue weighted by Gasteiger charge is -2.23. The van der Waals surface area contributed by atoms with Gasteiger partial charge in [0.15, 0.2) is 0 Å².